The number of nitrogens with one attached hydrogen (secondary N) is 3. The molecule has 0 spiro atoms. The average molecular weight is 487 g/mol. The van der Waals surface area contributed by atoms with Gasteiger partial charge in [0.25, 0.3) is 5.56 Å². The van der Waals surface area contributed by atoms with Crippen molar-refractivity contribution >= 4 is 16.7 Å². The minimum atomic E-state index is -0.253. The fourth-order valence-electron chi connectivity index (χ4n) is 4.25. The molecule has 10 heteroatoms. The molecule has 0 fully saturated rings. The average Bonchev–Trinajstić information content (AvgIpc) is 3.57. The Morgan fingerprint density at radius 1 is 1.06 bits per heavy atom. The third kappa shape index (κ3) is 4.13. The van der Waals surface area contributed by atoms with Crippen LogP contribution >= 0.6 is 0 Å². The molecule has 0 radical (unpaired) electrons. The quantitative estimate of drug-likeness (QED) is 0.303. The molecule has 0 amide bonds. The minimum absolute atomic E-state index is 0.253. The second kappa shape index (κ2) is 9.49. The number of hydrogen-bond acceptors (Lipinski definition) is 7. The predicted octanol–water partition coefficient (Wildman–Crippen LogP) is 4.05. The summed E-state index contributed by atoms with van der Waals surface area (Å²) in [5, 5.41) is 3.36. The van der Waals surface area contributed by atoms with Crippen molar-refractivity contribution in [2.45, 2.75) is 13.5 Å². The van der Waals surface area contributed by atoms with Crippen LogP contribution in [0.4, 0.5) is 5.69 Å². The lowest BCUT2D eigenvalue weighted by atomic mass is 10.1. The molecule has 184 valence electrons. The monoisotopic (exact) mass is 486 g/mol. The van der Waals surface area contributed by atoms with Crippen molar-refractivity contribution in [3.8, 4) is 34.3 Å². The molecule has 3 N–H and O–H groups in total. The van der Waals surface area contributed by atoms with Crippen LogP contribution in [-0.4, -0.2) is 45.8 Å². The number of rotatable bonds is 8. The molecule has 5 aromatic rings. The first kappa shape index (κ1) is 23.0. The first-order valence-electron chi connectivity index (χ1n) is 11.3. The zero-order valence-corrected chi connectivity index (χ0v) is 20.4. The second-order valence-corrected chi connectivity index (χ2v) is 8.20. The number of fused-ring (bicyclic) bond motifs is 1. The molecule has 3 aromatic heterocycles. The van der Waals surface area contributed by atoms with Crippen LogP contribution in [0.5, 0.6) is 17.2 Å². The van der Waals surface area contributed by atoms with Gasteiger partial charge in [0.2, 0.25) is 5.75 Å². The van der Waals surface area contributed by atoms with E-state index in [1.165, 1.54) is 0 Å². The first-order chi connectivity index (χ1) is 17.5. The number of aromatic amines is 2. The van der Waals surface area contributed by atoms with Gasteiger partial charge >= 0.3 is 0 Å². The first-order valence-corrected chi connectivity index (χ1v) is 11.3. The third-order valence-electron chi connectivity index (χ3n) is 5.97. The van der Waals surface area contributed by atoms with Crippen LogP contribution in [0, 0.1) is 6.92 Å². The van der Waals surface area contributed by atoms with E-state index in [1.54, 1.807) is 40.1 Å². The fourth-order valence-corrected chi connectivity index (χ4v) is 4.25. The number of aryl methyl sites for hydroxylation is 1. The summed E-state index contributed by atoms with van der Waals surface area (Å²) in [7, 11) is 4.71. The summed E-state index contributed by atoms with van der Waals surface area (Å²) in [6.45, 7) is 2.41. The Labute approximate surface area is 206 Å². The lowest BCUT2D eigenvalue weighted by Gasteiger charge is -2.15. The van der Waals surface area contributed by atoms with E-state index in [9.17, 15) is 4.79 Å². The Morgan fingerprint density at radius 3 is 2.50 bits per heavy atom. The van der Waals surface area contributed by atoms with E-state index in [0.29, 0.717) is 40.9 Å². The Bertz CT molecular complexity index is 1560. The van der Waals surface area contributed by atoms with E-state index in [0.717, 1.165) is 27.8 Å². The van der Waals surface area contributed by atoms with Crippen LogP contribution < -0.4 is 25.1 Å². The number of benzene rings is 2. The SMILES string of the molecule is COc1cc(CNc2cc[nH]c(=O)c2-c2nc3c(C)cc(-n4ccnc4)cc3[nH]2)cc(OC)c1OC. The van der Waals surface area contributed by atoms with E-state index < -0.39 is 0 Å². The molecule has 0 aliphatic rings. The summed E-state index contributed by atoms with van der Waals surface area (Å²) in [6.07, 6.45) is 6.96. The smallest absolute Gasteiger partial charge is 0.261 e. The highest BCUT2D eigenvalue weighted by molar-refractivity contribution is 5.86. The molecular formula is C26H26N6O4. The Morgan fingerprint density at radius 2 is 1.83 bits per heavy atom. The Kier molecular flexibility index (Phi) is 6.07. The fraction of sp³-hybridized carbons (Fsp3) is 0.192. The molecule has 0 aliphatic heterocycles. The van der Waals surface area contributed by atoms with E-state index in [-0.39, 0.29) is 5.56 Å². The maximum absolute atomic E-state index is 12.9. The molecule has 0 bridgehead atoms. The van der Waals surface area contributed by atoms with Gasteiger partial charge in [-0.1, -0.05) is 0 Å². The molecule has 2 aromatic carbocycles. The number of ether oxygens (including phenoxy) is 3. The van der Waals surface area contributed by atoms with E-state index in [4.69, 9.17) is 19.2 Å². The van der Waals surface area contributed by atoms with Crippen molar-refractivity contribution in [2.75, 3.05) is 26.6 Å². The minimum Gasteiger partial charge on any atom is -0.493 e. The number of H-pyrrole nitrogens is 2. The van der Waals surface area contributed by atoms with Gasteiger partial charge < -0.3 is 34.1 Å². The Hall–Kier alpha value is -4.73. The molecule has 0 saturated carbocycles. The van der Waals surface area contributed by atoms with Crippen LogP contribution in [0.2, 0.25) is 0 Å². The van der Waals surface area contributed by atoms with Crippen LogP contribution in [0.25, 0.3) is 28.1 Å². The van der Waals surface area contributed by atoms with Crippen molar-refractivity contribution in [1.82, 2.24) is 24.5 Å². The molecule has 5 rings (SSSR count). The normalized spacial score (nSPS) is 11.0. The maximum atomic E-state index is 12.9. The zero-order chi connectivity index (χ0) is 25.2. The van der Waals surface area contributed by atoms with Gasteiger partial charge in [-0.15, -0.1) is 0 Å². The topological polar surface area (TPSA) is 119 Å². The molecule has 3 heterocycles. The summed E-state index contributed by atoms with van der Waals surface area (Å²) in [5.74, 6) is 2.11. The number of pyridine rings is 1. The highest BCUT2D eigenvalue weighted by Gasteiger charge is 2.17. The largest absolute Gasteiger partial charge is 0.493 e. The van der Waals surface area contributed by atoms with E-state index in [2.05, 4.69) is 20.3 Å². The molecule has 36 heavy (non-hydrogen) atoms. The van der Waals surface area contributed by atoms with Gasteiger partial charge in [0.1, 0.15) is 11.4 Å². The number of hydrogen-bond donors (Lipinski definition) is 3. The van der Waals surface area contributed by atoms with Crippen molar-refractivity contribution in [3.63, 3.8) is 0 Å². The molecular weight excluding hydrogens is 460 g/mol. The highest BCUT2D eigenvalue weighted by atomic mass is 16.5. The summed E-state index contributed by atoms with van der Waals surface area (Å²) in [4.78, 5) is 27.9. The van der Waals surface area contributed by atoms with Gasteiger partial charge in [0.05, 0.1) is 44.4 Å². The maximum Gasteiger partial charge on any atom is 0.261 e. The number of nitrogens with zero attached hydrogens (tertiary/aromatic N) is 3. The van der Waals surface area contributed by atoms with Crippen LogP contribution in [0.3, 0.4) is 0 Å². The standard InChI is InChI=1S/C26H26N6O4/c1-15-9-17(32-8-7-27-14-32)12-19-23(15)31-25(30-19)22-18(5-6-28-26(22)33)29-13-16-10-20(34-2)24(36-4)21(11-16)35-3/h5-12,14H,13H2,1-4H3,(H,30,31)(H2,28,29,33). The van der Waals surface area contributed by atoms with Gasteiger partial charge in [-0.05, 0) is 48.4 Å². The lowest BCUT2D eigenvalue weighted by Crippen LogP contribution is -2.13. The molecule has 0 saturated heterocycles. The number of methoxy groups -OCH3 is 3. The summed E-state index contributed by atoms with van der Waals surface area (Å²) < 4.78 is 18.2. The molecule has 0 unspecified atom stereocenters. The highest BCUT2D eigenvalue weighted by Crippen LogP contribution is 2.38. The number of imidazole rings is 2. The Balaban J connectivity index is 1.51. The zero-order valence-electron chi connectivity index (χ0n) is 20.4. The summed E-state index contributed by atoms with van der Waals surface area (Å²) in [5.41, 5.74) is 5.26. The van der Waals surface area contributed by atoms with Crippen molar-refractivity contribution in [3.05, 3.63) is 76.7 Å². The van der Waals surface area contributed by atoms with Gasteiger partial charge in [0.15, 0.2) is 11.5 Å². The van der Waals surface area contributed by atoms with E-state index in [1.807, 2.05) is 48.0 Å². The molecule has 0 atom stereocenters. The lowest BCUT2D eigenvalue weighted by molar-refractivity contribution is 0.324. The van der Waals surface area contributed by atoms with Crippen LogP contribution in [-0.2, 0) is 6.54 Å². The van der Waals surface area contributed by atoms with E-state index >= 15 is 0 Å². The van der Waals surface area contributed by atoms with Gasteiger partial charge in [-0.3, -0.25) is 4.79 Å². The summed E-state index contributed by atoms with van der Waals surface area (Å²) in [6, 6.07) is 9.56. The van der Waals surface area contributed by atoms with Gasteiger partial charge in [0, 0.05) is 30.8 Å². The predicted molar refractivity (Wildman–Crippen MR) is 137 cm³/mol. The number of aromatic nitrogens is 5. The van der Waals surface area contributed by atoms with Crippen LogP contribution in [0.1, 0.15) is 11.1 Å². The third-order valence-corrected chi connectivity index (χ3v) is 5.97. The molecule has 0 aliphatic carbocycles. The van der Waals surface area contributed by atoms with Crippen molar-refractivity contribution in [2.24, 2.45) is 0 Å². The van der Waals surface area contributed by atoms with Crippen LogP contribution in [0.15, 0.2) is 60.0 Å². The van der Waals surface area contributed by atoms with Crippen molar-refractivity contribution < 1.29 is 14.2 Å². The van der Waals surface area contributed by atoms with Crippen molar-refractivity contribution in [1.29, 1.82) is 0 Å². The van der Waals surface area contributed by atoms with Gasteiger partial charge in [-0.2, -0.15) is 0 Å². The second-order valence-electron chi connectivity index (χ2n) is 8.20. The van der Waals surface area contributed by atoms with Gasteiger partial charge in [-0.25, -0.2) is 9.97 Å². The summed E-state index contributed by atoms with van der Waals surface area (Å²) >= 11 is 0. The molecule has 10 nitrogen and oxygen atoms in total. The number of anilines is 1.